The van der Waals surface area contributed by atoms with Gasteiger partial charge in [-0.3, -0.25) is 0 Å². The maximum absolute atomic E-state index is 12.7. The quantitative estimate of drug-likeness (QED) is 0.700. The monoisotopic (exact) mass is 203 g/mol. The lowest BCUT2D eigenvalue weighted by atomic mass is 10.0. The highest BCUT2D eigenvalue weighted by molar-refractivity contribution is 5.72. The molecule has 0 bridgehead atoms. The van der Waals surface area contributed by atoms with Crippen molar-refractivity contribution in [2.75, 3.05) is 5.73 Å². The van der Waals surface area contributed by atoms with E-state index in [0.29, 0.717) is 11.3 Å². The third-order valence-corrected chi connectivity index (χ3v) is 2.18. The largest absolute Gasteiger partial charge is 0.507 e. The van der Waals surface area contributed by atoms with Crippen molar-refractivity contribution < 1.29 is 9.50 Å². The molecule has 0 aliphatic carbocycles. The van der Waals surface area contributed by atoms with Crippen LogP contribution in [-0.2, 0) is 0 Å². The summed E-state index contributed by atoms with van der Waals surface area (Å²) in [6.45, 7) is 0. The maximum Gasteiger partial charge on any atom is 0.125 e. The number of hydrogen-bond acceptors (Lipinski definition) is 2. The molecule has 0 aliphatic rings. The number of rotatable bonds is 1. The average molecular weight is 203 g/mol. The molecule has 2 aromatic carbocycles. The summed E-state index contributed by atoms with van der Waals surface area (Å²) in [4.78, 5) is 0. The molecule has 0 saturated heterocycles. The number of nitrogen functional groups attached to an aromatic ring is 1. The van der Waals surface area contributed by atoms with Crippen molar-refractivity contribution in [3.63, 3.8) is 0 Å². The average Bonchev–Trinajstić information content (AvgIpc) is 2.20. The van der Waals surface area contributed by atoms with Gasteiger partial charge in [0.25, 0.3) is 0 Å². The van der Waals surface area contributed by atoms with E-state index in [0.717, 1.165) is 5.56 Å². The molecule has 2 rings (SSSR count). The van der Waals surface area contributed by atoms with E-state index in [4.69, 9.17) is 5.73 Å². The van der Waals surface area contributed by atoms with Crippen molar-refractivity contribution in [1.29, 1.82) is 0 Å². The molecule has 76 valence electrons. The van der Waals surface area contributed by atoms with Crippen LogP contribution in [0.4, 0.5) is 10.1 Å². The third-order valence-electron chi connectivity index (χ3n) is 2.18. The zero-order chi connectivity index (χ0) is 10.8. The van der Waals surface area contributed by atoms with E-state index in [1.807, 2.05) is 0 Å². The van der Waals surface area contributed by atoms with E-state index in [1.54, 1.807) is 24.3 Å². The normalized spacial score (nSPS) is 10.2. The van der Waals surface area contributed by atoms with Gasteiger partial charge in [-0.05, 0) is 29.8 Å². The van der Waals surface area contributed by atoms with Crippen LogP contribution in [0.1, 0.15) is 0 Å². The van der Waals surface area contributed by atoms with E-state index in [1.165, 1.54) is 18.2 Å². The van der Waals surface area contributed by atoms with Crippen LogP contribution in [0, 0.1) is 5.82 Å². The van der Waals surface area contributed by atoms with Gasteiger partial charge in [0.1, 0.15) is 11.6 Å². The van der Waals surface area contributed by atoms with Crippen LogP contribution in [0.5, 0.6) is 5.75 Å². The van der Waals surface area contributed by atoms with E-state index in [9.17, 15) is 9.50 Å². The molecule has 3 heteroatoms. The minimum atomic E-state index is -0.298. The zero-order valence-corrected chi connectivity index (χ0v) is 7.94. The second-order valence-corrected chi connectivity index (χ2v) is 3.28. The van der Waals surface area contributed by atoms with Crippen LogP contribution < -0.4 is 5.73 Å². The Morgan fingerprint density at radius 3 is 2.27 bits per heavy atom. The van der Waals surface area contributed by atoms with Crippen LogP contribution in [0.2, 0.25) is 0 Å². The summed E-state index contributed by atoms with van der Waals surface area (Å²) in [5, 5.41) is 9.64. The van der Waals surface area contributed by atoms with Crippen LogP contribution >= 0.6 is 0 Å². The summed E-state index contributed by atoms with van der Waals surface area (Å²) in [6.07, 6.45) is 0. The number of aromatic hydroxyl groups is 1. The van der Waals surface area contributed by atoms with Crippen molar-refractivity contribution in [2.24, 2.45) is 0 Å². The third kappa shape index (κ3) is 1.91. The number of phenols is 1. The number of nitrogens with two attached hydrogens (primary N) is 1. The van der Waals surface area contributed by atoms with Gasteiger partial charge in [0, 0.05) is 17.3 Å². The lowest BCUT2D eigenvalue weighted by Gasteiger charge is -2.05. The van der Waals surface area contributed by atoms with Gasteiger partial charge < -0.3 is 10.8 Å². The SMILES string of the molecule is Nc1ccc(-c2ccc(F)cc2)c(O)c1. The van der Waals surface area contributed by atoms with Crippen molar-refractivity contribution >= 4 is 5.69 Å². The molecule has 0 aromatic heterocycles. The molecule has 3 N–H and O–H groups in total. The number of benzene rings is 2. The number of hydrogen-bond donors (Lipinski definition) is 2. The molecule has 15 heavy (non-hydrogen) atoms. The maximum atomic E-state index is 12.7. The van der Waals surface area contributed by atoms with E-state index in [2.05, 4.69) is 0 Å². The lowest BCUT2D eigenvalue weighted by molar-refractivity contribution is 0.477. The molecule has 0 fully saturated rings. The minimum Gasteiger partial charge on any atom is -0.507 e. The van der Waals surface area contributed by atoms with E-state index in [-0.39, 0.29) is 11.6 Å². The van der Waals surface area contributed by atoms with Crippen molar-refractivity contribution in [2.45, 2.75) is 0 Å². The predicted molar refractivity (Wildman–Crippen MR) is 57.9 cm³/mol. The first-order chi connectivity index (χ1) is 7.16. The van der Waals surface area contributed by atoms with Crippen LogP contribution in [-0.4, -0.2) is 5.11 Å². The Bertz CT molecular complexity index is 479. The number of phenolic OH excluding ortho intramolecular Hbond substituents is 1. The molecule has 0 spiro atoms. The summed E-state index contributed by atoms with van der Waals surface area (Å²) >= 11 is 0. The molecule has 0 atom stereocenters. The summed E-state index contributed by atoms with van der Waals surface area (Å²) < 4.78 is 12.7. The molecular formula is C12H10FNO. The van der Waals surface area contributed by atoms with Crippen molar-refractivity contribution in [3.05, 3.63) is 48.3 Å². The van der Waals surface area contributed by atoms with Crippen LogP contribution in [0.15, 0.2) is 42.5 Å². The first-order valence-corrected chi connectivity index (χ1v) is 4.51. The van der Waals surface area contributed by atoms with Crippen LogP contribution in [0.3, 0.4) is 0 Å². The lowest BCUT2D eigenvalue weighted by Crippen LogP contribution is -1.85. The number of halogens is 1. The Morgan fingerprint density at radius 2 is 1.67 bits per heavy atom. The van der Waals surface area contributed by atoms with E-state index < -0.39 is 0 Å². The van der Waals surface area contributed by atoms with Gasteiger partial charge in [0.15, 0.2) is 0 Å². The molecule has 0 heterocycles. The molecular weight excluding hydrogens is 193 g/mol. The fourth-order valence-corrected chi connectivity index (χ4v) is 1.42. The zero-order valence-electron chi connectivity index (χ0n) is 7.94. The molecule has 2 nitrogen and oxygen atoms in total. The highest BCUT2D eigenvalue weighted by Crippen LogP contribution is 2.30. The molecule has 0 amide bonds. The van der Waals surface area contributed by atoms with Gasteiger partial charge in [0.2, 0.25) is 0 Å². The summed E-state index contributed by atoms with van der Waals surface area (Å²) in [5.41, 5.74) is 7.41. The summed E-state index contributed by atoms with van der Waals surface area (Å²) in [5.74, 6) is -0.199. The predicted octanol–water partition coefficient (Wildman–Crippen LogP) is 2.78. The van der Waals surface area contributed by atoms with Crippen molar-refractivity contribution in [1.82, 2.24) is 0 Å². The Hall–Kier alpha value is -2.03. The Labute approximate surface area is 86.8 Å². The van der Waals surface area contributed by atoms with Gasteiger partial charge >= 0.3 is 0 Å². The minimum absolute atomic E-state index is 0.0987. The first kappa shape index (κ1) is 9.52. The second-order valence-electron chi connectivity index (χ2n) is 3.28. The highest BCUT2D eigenvalue weighted by Gasteiger charge is 2.04. The van der Waals surface area contributed by atoms with Gasteiger partial charge in [-0.25, -0.2) is 4.39 Å². The van der Waals surface area contributed by atoms with Gasteiger partial charge in [0.05, 0.1) is 0 Å². The Morgan fingerprint density at radius 1 is 1.00 bits per heavy atom. The molecule has 0 unspecified atom stereocenters. The molecule has 0 aliphatic heterocycles. The van der Waals surface area contributed by atoms with E-state index >= 15 is 0 Å². The molecule has 2 aromatic rings. The smallest absolute Gasteiger partial charge is 0.125 e. The molecule has 0 saturated carbocycles. The summed E-state index contributed by atoms with van der Waals surface area (Å²) in [6, 6.07) is 10.8. The fourth-order valence-electron chi connectivity index (χ4n) is 1.42. The first-order valence-electron chi connectivity index (χ1n) is 4.51. The van der Waals surface area contributed by atoms with Crippen molar-refractivity contribution in [3.8, 4) is 16.9 Å². The summed E-state index contributed by atoms with van der Waals surface area (Å²) in [7, 11) is 0. The Kier molecular flexibility index (Phi) is 2.29. The van der Waals surface area contributed by atoms with Gasteiger partial charge in [-0.2, -0.15) is 0 Å². The highest BCUT2D eigenvalue weighted by atomic mass is 19.1. The number of anilines is 1. The molecule has 0 radical (unpaired) electrons. The van der Waals surface area contributed by atoms with Crippen LogP contribution in [0.25, 0.3) is 11.1 Å². The second kappa shape index (κ2) is 3.61. The topological polar surface area (TPSA) is 46.2 Å². The fraction of sp³-hybridized carbons (Fsp3) is 0. The standard InChI is InChI=1S/C12H10FNO/c13-9-3-1-8(2-4-9)11-6-5-10(14)7-12(11)15/h1-7,15H,14H2. The van der Waals surface area contributed by atoms with Gasteiger partial charge in [-0.15, -0.1) is 0 Å². The Balaban J connectivity index is 2.49. The van der Waals surface area contributed by atoms with Gasteiger partial charge in [-0.1, -0.05) is 12.1 Å².